The number of methoxy groups -OCH3 is 2. The summed E-state index contributed by atoms with van der Waals surface area (Å²) in [6.07, 6.45) is 3.21. The first-order valence-electron chi connectivity index (χ1n) is 8.48. The van der Waals surface area contributed by atoms with Crippen LogP contribution in [0.3, 0.4) is 0 Å². The number of nitrogens with two attached hydrogens (primary N) is 1. The summed E-state index contributed by atoms with van der Waals surface area (Å²) >= 11 is 0. The van der Waals surface area contributed by atoms with Crippen molar-refractivity contribution in [3.05, 3.63) is 23.8 Å². The Labute approximate surface area is 156 Å². The second-order valence-electron chi connectivity index (χ2n) is 5.95. The van der Waals surface area contributed by atoms with Gasteiger partial charge in [0, 0.05) is 25.3 Å². The van der Waals surface area contributed by atoms with E-state index in [9.17, 15) is 4.79 Å². The van der Waals surface area contributed by atoms with Gasteiger partial charge in [-0.15, -0.1) is 12.4 Å². The van der Waals surface area contributed by atoms with Gasteiger partial charge in [0.05, 0.1) is 26.7 Å². The first kappa shape index (κ1) is 21.5. The number of halogens is 1. The molecule has 1 aliphatic rings. The quantitative estimate of drug-likeness (QED) is 0.707. The second kappa shape index (κ2) is 11.2. The number of carbonyl (C=O) groups is 1. The number of piperidine rings is 1. The van der Waals surface area contributed by atoms with Crippen LogP contribution in [0.15, 0.2) is 18.2 Å². The third kappa shape index (κ3) is 6.38. The summed E-state index contributed by atoms with van der Waals surface area (Å²) in [6.45, 7) is 2.83. The lowest BCUT2D eigenvalue weighted by Crippen LogP contribution is -2.41. The fraction of sp³-hybridized carbons (Fsp3) is 0.611. The van der Waals surface area contributed by atoms with E-state index >= 15 is 0 Å². The standard InChI is InChI=1S/C18H28N2O4.ClH/c1-22-16-4-5-17(23-2)14(12-16)13-18(21)20-9-6-15(7-10-20)24-11-3-8-19;/h4-5,12,15H,3,6-11,13,19H2,1-2H3;1H. The molecule has 1 fully saturated rings. The molecular formula is C18H29ClN2O4. The molecule has 0 unspecified atom stereocenters. The predicted molar refractivity (Wildman–Crippen MR) is 99.7 cm³/mol. The van der Waals surface area contributed by atoms with E-state index in [0.29, 0.717) is 25.3 Å². The highest BCUT2D eigenvalue weighted by Crippen LogP contribution is 2.25. The lowest BCUT2D eigenvalue weighted by atomic mass is 10.1. The highest BCUT2D eigenvalue weighted by atomic mass is 35.5. The van der Waals surface area contributed by atoms with Gasteiger partial charge in [-0.3, -0.25) is 4.79 Å². The first-order chi connectivity index (χ1) is 11.7. The van der Waals surface area contributed by atoms with E-state index in [4.69, 9.17) is 19.9 Å². The van der Waals surface area contributed by atoms with Gasteiger partial charge in [0.2, 0.25) is 5.91 Å². The third-order valence-corrected chi connectivity index (χ3v) is 4.33. The summed E-state index contributed by atoms with van der Waals surface area (Å²) in [5, 5.41) is 0. The molecule has 1 amide bonds. The molecule has 0 spiro atoms. The van der Waals surface area contributed by atoms with Crippen molar-refractivity contribution in [3.63, 3.8) is 0 Å². The molecule has 2 rings (SSSR count). The van der Waals surface area contributed by atoms with Crippen molar-refractivity contribution < 1.29 is 19.0 Å². The third-order valence-electron chi connectivity index (χ3n) is 4.33. The maximum Gasteiger partial charge on any atom is 0.227 e. The van der Waals surface area contributed by atoms with Crippen molar-refractivity contribution in [1.29, 1.82) is 0 Å². The van der Waals surface area contributed by atoms with Gasteiger partial charge in [0.15, 0.2) is 0 Å². The maximum atomic E-state index is 12.6. The van der Waals surface area contributed by atoms with Crippen LogP contribution in [0.4, 0.5) is 0 Å². The zero-order chi connectivity index (χ0) is 17.4. The van der Waals surface area contributed by atoms with Crippen LogP contribution in [0.2, 0.25) is 0 Å². The summed E-state index contributed by atoms with van der Waals surface area (Å²) < 4.78 is 16.4. The van der Waals surface area contributed by atoms with Crippen molar-refractivity contribution in [1.82, 2.24) is 4.90 Å². The van der Waals surface area contributed by atoms with Crippen LogP contribution < -0.4 is 15.2 Å². The topological polar surface area (TPSA) is 74.0 Å². The van der Waals surface area contributed by atoms with Gasteiger partial charge in [0.1, 0.15) is 11.5 Å². The number of nitrogens with zero attached hydrogens (tertiary/aromatic N) is 1. The SMILES string of the molecule is COc1ccc(OC)c(CC(=O)N2CCC(OCCCN)CC2)c1.Cl. The van der Waals surface area contributed by atoms with Crippen molar-refractivity contribution in [2.24, 2.45) is 5.73 Å². The molecule has 6 nitrogen and oxygen atoms in total. The molecule has 1 aromatic carbocycles. The van der Waals surface area contributed by atoms with Gasteiger partial charge in [-0.25, -0.2) is 0 Å². The molecule has 1 aromatic rings. The average Bonchev–Trinajstić information content (AvgIpc) is 2.62. The number of hydrogen-bond donors (Lipinski definition) is 1. The van der Waals surface area contributed by atoms with Crippen LogP contribution >= 0.6 is 12.4 Å². The van der Waals surface area contributed by atoms with Crippen LogP contribution in [0, 0.1) is 0 Å². The van der Waals surface area contributed by atoms with Gasteiger partial charge in [-0.05, 0) is 44.0 Å². The number of hydrogen-bond acceptors (Lipinski definition) is 5. The minimum Gasteiger partial charge on any atom is -0.497 e. The zero-order valence-corrected chi connectivity index (χ0v) is 15.8. The molecule has 1 heterocycles. The number of rotatable bonds is 8. The Kier molecular flexibility index (Phi) is 9.63. The average molecular weight is 373 g/mol. The minimum absolute atomic E-state index is 0. The summed E-state index contributed by atoms with van der Waals surface area (Å²) in [4.78, 5) is 14.5. The van der Waals surface area contributed by atoms with E-state index in [1.807, 2.05) is 23.1 Å². The van der Waals surface area contributed by atoms with Crippen LogP contribution in [0.1, 0.15) is 24.8 Å². The Morgan fingerprint density at radius 2 is 1.96 bits per heavy atom. The van der Waals surface area contributed by atoms with E-state index in [0.717, 1.165) is 43.7 Å². The number of carbonyl (C=O) groups excluding carboxylic acids is 1. The predicted octanol–water partition coefficient (Wildman–Crippen LogP) is 2.02. The van der Waals surface area contributed by atoms with Gasteiger partial charge >= 0.3 is 0 Å². The molecule has 142 valence electrons. The molecule has 1 saturated heterocycles. The summed E-state index contributed by atoms with van der Waals surface area (Å²) in [7, 11) is 3.23. The number of benzene rings is 1. The van der Waals surface area contributed by atoms with Crippen molar-refractivity contribution in [3.8, 4) is 11.5 Å². The number of likely N-dealkylation sites (tertiary alicyclic amines) is 1. The van der Waals surface area contributed by atoms with Crippen molar-refractivity contribution in [2.45, 2.75) is 31.8 Å². The fourth-order valence-corrected chi connectivity index (χ4v) is 2.90. The van der Waals surface area contributed by atoms with Crippen molar-refractivity contribution in [2.75, 3.05) is 40.5 Å². The molecular weight excluding hydrogens is 344 g/mol. The highest BCUT2D eigenvalue weighted by Gasteiger charge is 2.24. The number of ether oxygens (including phenoxy) is 3. The smallest absolute Gasteiger partial charge is 0.227 e. The van der Waals surface area contributed by atoms with Gasteiger partial charge in [0.25, 0.3) is 0 Å². The molecule has 0 aromatic heterocycles. The van der Waals surface area contributed by atoms with E-state index < -0.39 is 0 Å². The Morgan fingerprint density at radius 1 is 1.24 bits per heavy atom. The minimum atomic E-state index is 0. The maximum absolute atomic E-state index is 12.6. The van der Waals surface area contributed by atoms with Gasteiger partial charge < -0.3 is 24.8 Å². The van der Waals surface area contributed by atoms with Crippen LogP contribution in [-0.2, 0) is 16.0 Å². The largest absolute Gasteiger partial charge is 0.497 e. The molecule has 0 aliphatic carbocycles. The van der Waals surface area contributed by atoms with E-state index in [1.165, 1.54) is 0 Å². The van der Waals surface area contributed by atoms with E-state index in [-0.39, 0.29) is 24.4 Å². The number of amides is 1. The summed E-state index contributed by atoms with van der Waals surface area (Å²) in [5.74, 6) is 1.55. The van der Waals surface area contributed by atoms with Gasteiger partial charge in [-0.1, -0.05) is 0 Å². The Hall–Kier alpha value is -1.50. The lowest BCUT2D eigenvalue weighted by molar-refractivity contribution is -0.133. The summed E-state index contributed by atoms with van der Waals surface area (Å²) in [5.41, 5.74) is 6.32. The normalized spacial score (nSPS) is 14.8. The molecule has 0 atom stereocenters. The van der Waals surface area contributed by atoms with Crippen LogP contribution in [-0.4, -0.2) is 57.4 Å². The molecule has 0 radical (unpaired) electrons. The van der Waals surface area contributed by atoms with Crippen LogP contribution in [0.25, 0.3) is 0 Å². The Morgan fingerprint density at radius 3 is 2.56 bits per heavy atom. The Bertz CT molecular complexity index is 534. The molecule has 2 N–H and O–H groups in total. The van der Waals surface area contributed by atoms with Crippen molar-refractivity contribution >= 4 is 18.3 Å². The molecule has 1 aliphatic heterocycles. The van der Waals surface area contributed by atoms with E-state index in [2.05, 4.69) is 0 Å². The lowest BCUT2D eigenvalue weighted by Gasteiger charge is -2.32. The molecule has 25 heavy (non-hydrogen) atoms. The highest BCUT2D eigenvalue weighted by molar-refractivity contribution is 5.85. The first-order valence-corrected chi connectivity index (χ1v) is 8.48. The van der Waals surface area contributed by atoms with Crippen LogP contribution in [0.5, 0.6) is 11.5 Å². The molecule has 0 bridgehead atoms. The van der Waals surface area contributed by atoms with E-state index in [1.54, 1.807) is 14.2 Å². The second-order valence-corrected chi connectivity index (χ2v) is 5.95. The Balaban J connectivity index is 0.00000312. The summed E-state index contributed by atoms with van der Waals surface area (Å²) in [6, 6.07) is 5.52. The zero-order valence-electron chi connectivity index (χ0n) is 15.0. The van der Waals surface area contributed by atoms with Gasteiger partial charge in [-0.2, -0.15) is 0 Å². The molecule has 7 heteroatoms. The molecule has 0 saturated carbocycles. The monoisotopic (exact) mass is 372 g/mol. The fourth-order valence-electron chi connectivity index (χ4n) is 2.90.